The highest BCUT2D eigenvalue weighted by molar-refractivity contribution is 7.99. The van der Waals surface area contributed by atoms with Crippen LogP contribution in [0.25, 0.3) is 0 Å². The molecule has 1 unspecified atom stereocenters. The van der Waals surface area contributed by atoms with Crippen LogP contribution in [-0.2, 0) is 0 Å². The molecule has 2 heteroatoms. The summed E-state index contributed by atoms with van der Waals surface area (Å²) >= 11 is 2.07. The highest BCUT2D eigenvalue weighted by Crippen LogP contribution is 2.21. The van der Waals surface area contributed by atoms with Crippen LogP contribution in [0.4, 0.5) is 0 Å². The Morgan fingerprint density at radius 1 is 1.17 bits per heavy atom. The Morgan fingerprint density at radius 3 is 2.56 bits per heavy atom. The third-order valence-electron chi connectivity index (χ3n) is 3.31. The lowest BCUT2D eigenvalue weighted by molar-refractivity contribution is 0.605. The molecule has 1 nitrogen and oxygen atoms in total. The van der Waals surface area contributed by atoms with E-state index >= 15 is 0 Å². The van der Waals surface area contributed by atoms with Gasteiger partial charge in [-0.25, -0.2) is 0 Å². The van der Waals surface area contributed by atoms with E-state index in [0.29, 0.717) is 6.04 Å². The molecule has 0 fully saturated rings. The average Bonchev–Trinajstić information content (AvgIpc) is 2.37. The number of nitrogens with one attached hydrogen (secondary N) is 1. The average molecular weight is 265 g/mol. The molecule has 0 saturated heterocycles. The van der Waals surface area contributed by atoms with Gasteiger partial charge in [0.1, 0.15) is 0 Å². The van der Waals surface area contributed by atoms with Crippen LogP contribution in [0.1, 0.15) is 49.4 Å². The summed E-state index contributed by atoms with van der Waals surface area (Å²) in [6.45, 7) is 9.85. The van der Waals surface area contributed by atoms with Gasteiger partial charge >= 0.3 is 0 Å². The molecule has 0 saturated carbocycles. The molecule has 1 rings (SSSR count). The van der Waals surface area contributed by atoms with Gasteiger partial charge in [-0.3, -0.25) is 0 Å². The number of rotatable bonds is 8. The lowest BCUT2D eigenvalue weighted by Gasteiger charge is -2.19. The second-order valence-corrected chi connectivity index (χ2v) is 6.03. The predicted octanol–water partition coefficient (Wildman–Crippen LogP) is 4.49. The van der Waals surface area contributed by atoms with Gasteiger partial charge in [0.05, 0.1) is 0 Å². The van der Waals surface area contributed by atoms with E-state index < -0.39 is 0 Å². The maximum absolute atomic E-state index is 3.60. The zero-order valence-corrected chi connectivity index (χ0v) is 13.1. The van der Waals surface area contributed by atoms with Gasteiger partial charge in [-0.15, -0.1) is 0 Å². The molecule has 0 aliphatic carbocycles. The van der Waals surface area contributed by atoms with E-state index in [0.717, 1.165) is 6.54 Å². The molecule has 18 heavy (non-hydrogen) atoms. The van der Waals surface area contributed by atoms with E-state index in [9.17, 15) is 0 Å². The second-order valence-electron chi connectivity index (χ2n) is 4.88. The Labute approximate surface area is 117 Å². The number of thioether (sulfide) groups is 1. The molecule has 0 aliphatic heterocycles. The van der Waals surface area contributed by atoms with Gasteiger partial charge in [0.25, 0.3) is 0 Å². The molecule has 0 bridgehead atoms. The number of unbranched alkanes of at least 4 members (excludes halogenated alkanes) is 1. The van der Waals surface area contributed by atoms with Crippen molar-refractivity contribution in [3.63, 3.8) is 0 Å². The van der Waals surface area contributed by atoms with Gasteiger partial charge in [0.15, 0.2) is 0 Å². The maximum Gasteiger partial charge on any atom is 0.0411 e. The summed E-state index contributed by atoms with van der Waals surface area (Å²) < 4.78 is 0. The second kappa shape index (κ2) is 8.60. The minimum Gasteiger partial charge on any atom is -0.310 e. The predicted molar refractivity (Wildman–Crippen MR) is 84.6 cm³/mol. The molecule has 1 atom stereocenters. The van der Waals surface area contributed by atoms with Crippen molar-refractivity contribution in [1.82, 2.24) is 5.32 Å². The van der Waals surface area contributed by atoms with Crippen molar-refractivity contribution in [3.05, 3.63) is 34.9 Å². The third kappa shape index (κ3) is 5.03. The molecule has 102 valence electrons. The van der Waals surface area contributed by atoms with Gasteiger partial charge in [0, 0.05) is 11.8 Å². The van der Waals surface area contributed by atoms with Crippen LogP contribution in [0.3, 0.4) is 0 Å². The largest absolute Gasteiger partial charge is 0.310 e. The molecule has 0 radical (unpaired) electrons. The zero-order valence-electron chi connectivity index (χ0n) is 12.3. The summed E-state index contributed by atoms with van der Waals surface area (Å²) in [7, 11) is 0. The smallest absolute Gasteiger partial charge is 0.0411 e. The quantitative estimate of drug-likeness (QED) is 0.695. The first-order chi connectivity index (χ1) is 8.69. The fourth-order valence-corrected chi connectivity index (χ4v) is 3.15. The molecule has 0 aromatic heterocycles. The highest BCUT2D eigenvalue weighted by atomic mass is 32.2. The van der Waals surface area contributed by atoms with Gasteiger partial charge in [-0.05, 0) is 49.3 Å². The van der Waals surface area contributed by atoms with Crippen LogP contribution < -0.4 is 5.32 Å². The third-order valence-corrected chi connectivity index (χ3v) is 4.46. The Balaban J connectivity index is 2.61. The Hall–Kier alpha value is -0.470. The molecular weight excluding hydrogens is 238 g/mol. The van der Waals surface area contributed by atoms with Crippen LogP contribution in [0, 0.1) is 13.8 Å². The minimum absolute atomic E-state index is 0.496. The fraction of sp³-hybridized carbons (Fsp3) is 0.625. The maximum atomic E-state index is 3.60. The van der Waals surface area contributed by atoms with Crippen molar-refractivity contribution in [1.29, 1.82) is 0 Å². The Morgan fingerprint density at radius 2 is 1.94 bits per heavy atom. The monoisotopic (exact) mass is 265 g/mol. The van der Waals surface area contributed by atoms with Crippen molar-refractivity contribution < 1.29 is 0 Å². The summed E-state index contributed by atoms with van der Waals surface area (Å²) in [5.74, 6) is 2.46. The van der Waals surface area contributed by atoms with Gasteiger partial charge < -0.3 is 5.32 Å². The van der Waals surface area contributed by atoms with Crippen LogP contribution in [-0.4, -0.2) is 18.1 Å². The highest BCUT2D eigenvalue weighted by Gasteiger charge is 2.10. The van der Waals surface area contributed by atoms with E-state index in [-0.39, 0.29) is 0 Å². The summed E-state index contributed by atoms with van der Waals surface area (Å²) in [6, 6.07) is 7.35. The van der Waals surface area contributed by atoms with E-state index in [2.05, 4.69) is 63.0 Å². The molecule has 0 aliphatic rings. The minimum atomic E-state index is 0.496. The van der Waals surface area contributed by atoms with E-state index in [4.69, 9.17) is 0 Å². The first-order valence-corrected chi connectivity index (χ1v) is 8.22. The summed E-state index contributed by atoms with van der Waals surface area (Å²) in [5, 5.41) is 3.60. The molecule has 0 amide bonds. The zero-order chi connectivity index (χ0) is 13.4. The Bertz CT molecular complexity index is 349. The summed E-state index contributed by atoms with van der Waals surface area (Å²) in [4.78, 5) is 0. The van der Waals surface area contributed by atoms with Crippen molar-refractivity contribution in [2.45, 2.75) is 46.6 Å². The lowest BCUT2D eigenvalue weighted by Crippen LogP contribution is -2.23. The molecule has 0 spiro atoms. The van der Waals surface area contributed by atoms with Crippen LogP contribution in [0.5, 0.6) is 0 Å². The van der Waals surface area contributed by atoms with Crippen molar-refractivity contribution in [3.8, 4) is 0 Å². The van der Waals surface area contributed by atoms with E-state index in [1.807, 2.05) is 0 Å². The molecule has 1 aromatic carbocycles. The van der Waals surface area contributed by atoms with Crippen LogP contribution in [0.2, 0.25) is 0 Å². The van der Waals surface area contributed by atoms with E-state index in [1.54, 1.807) is 0 Å². The molecule has 0 heterocycles. The Kier molecular flexibility index (Phi) is 7.45. The van der Waals surface area contributed by atoms with Crippen molar-refractivity contribution in [2.24, 2.45) is 0 Å². The van der Waals surface area contributed by atoms with Crippen molar-refractivity contribution in [2.75, 3.05) is 18.1 Å². The van der Waals surface area contributed by atoms with Crippen LogP contribution >= 0.6 is 11.8 Å². The number of aryl methyl sites for hydroxylation is 2. The van der Waals surface area contributed by atoms with Gasteiger partial charge in [-0.1, -0.05) is 38.5 Å². The van der Waals surface area contributed by atoms with E-state index in [1.165, 1.54) is 41.0 Å². The number of hydrogen-bond donors (Lipinski definition) is 1. The van der Waals surface area contributed by atoms with Gasteiger partial charge in [-0.2, -0.15) is 11.8 Å². The fourth-order valence-electron chi connectivity index (χ4n) is 1.95. The standard InChI is InChI=1S/C16H27NS/c1-5-7-10-18-12-16(17-6-2)15-9-8-13(3)14(4)11-15/h8-9,11,16-17H,5-7,10,12H2,1-4H3. The van der Waals surface area contributed by atoms with Crippen LogP contribution in [0.15, 0.2) is 18.2 Å². The first kappa shape index (κ1) is 15.6. The number of benzene rings is 1. The van der Waals surface area contributed by atoms with Gasteiger partial charge in [0.2, 0.25) is 0 Å². The molecule has 1 aromatic rings. The normalized spacial score (nSPS) is 12.7. The summed E-state index contributed by atoms with van der Waals surface area (Å²) in [6.07, 6.45) is 2.62. The SMILES string of the molecule is CCCCSCC(NCC)c1ccc(C)c(C)c1. The topological polar surface area (TPSA) is 12.0 Å². The van der Waals surface area contributed by atoms with Crippen molar-refractivity contribution >= 4 is 11.8 Å². The first-order valence-electron chi connectivity index (χ1n) is 7.07. The molecular formula is C16H27NS. The molecule has 1 N–H and O–H groups in total. The summed E-state index contributed by atoms with van der Waals surface area (Å²) in [5.41, 5.74) is 4.21. The number of hydrogen-bond acceptors (Lipinski definition) is 2. The lowest BCUT2D eigenvalue weighted by atomic mass is 10.0.